The first kappa shape index (κ1) is 42.5. The summed E-state index contributed by atoms with van der Waals surface area (Å²) < 4.78 is 98.5. The Kier molecular flexibility index (Phi) is 14.0. The van der Waals surface area contributed by atoms with Crippen LogP contribution in [-0.4, -0.2) is 83.9 Å². The van der Waals surface area contributed by atoms with E-state index in [9.17, 15) is 39.6 Å². The van der Waals surface area contributed by atoms with Crippen LogP contribution in [0.2, 0.25) is 0 Å². The number of aliphatic carboxylic acids is 2. The van der Waals surface area contributed by atoms with Crippen LogP contribution in [0.4, 0.5) is 32.0 Å². The van der Waals surface area contributed by atoms with Crippen molar-refractivity contribution < 1.29 is 64.1 Å². The summed E-state index contributed by atoms with van der Waals surface area (Å²) in [6.45, 7) is 0.737. The molecule has 20 heteroatoms. The number of hydrogen-bond donors (Lipinski definition) is 4. The maximum Gasteiger partial charge on any atom is 0.490 e. The fourth-order valence-electron chi connectivity index (χ4n) is 5.06. The van der Waals surface area contributed by atoms with Crippen LogP contribution in [0.15, 0.2) is 94.9 Å². The average molecular weight is 786 g/mol. The van der Waals surface area contributed by atoms with Gasteiger partial charge in [0, 0.05) is 25.3 Å². The number of amides is 1. The van der Waals surface area contributed by atoms with Gasteiger partial charge in [0.25, 0.3) is 0 Å². The van der Waals surface area contributed by atoms with Gasteiger partial charge >= 0.3 is 24.3 Å². The Morgan fingerprint density at radius 1 is 0.926 bits per heavy atom. The number of ether oxygens (including phenoxy) is 1. The summed E-state index contributed by atoms with van der Waals surface area (Å²) in [5.74, 6) is 0.142. The molecule has 1 amide bonds. The van der Waals surface area contributed by atoms with Gasteiger partial charge in [0.15, 0.2) is 0 Å². The van der Waals surface area contributed by atoms with E-state index in [-0.39, 0.29) is 17.3 Å². The van der Waals surface area contributed by atoms with Gasteiger partial charge in [0.1, 0.15) is 11.8 Å². The highest BCUT2D eigenvalue weighted by atomic mass is 32.2. The predicted molar refractivity (Wildman–Crippen MR) is 184 cm³/mol. The number of likely N-dealkylation sites (tertiary alicyclic amines) is 1. The average Bonchev–Trinajstić information content (AvgIpc) is 3.45. The van der Waals surface area contributed by atoms with Crippen molar-refractivity contribution in [3.63, 3.8) is 0 Å². The first-order chi connectivity index (χ1) is 25.2. The number of rotatable bonds is 9. The Bertz CT molecular complexity index is 2090. The number of fused-ring (bicyclic) bond motifs is 1. The van der Waals surface area contributed by atoms with Crippen molar-refractivity contribution in [1.29, 1.82) is 0 Å². The van der Waals surface area contributed by atoms with Crippen LogP contribution in [0.1, 0.15) is 23.1 Å². The Morgan fingerprint density at radius 3 is 2.11 bits per heavy atom. The lowest BCUT2D eigenvalue weighted by Gasteiger charge is -2.28. The van der Waals surface area contributed by atoms with Gasteiger partial charge in [0.05, 0.1) is 18.2 Å². The number of benzene rings is 4. The number of anilines is 1. The summed E-state index contributed by atoms with van der Waals surface area (Å²) in [5.41, 5.74) is 9.02. The number of carbonyl (C=O) groups excluding carboxylic acids is 1. The van der Waals surface area contributed by atoms with Gasteiger partial charge in [0.2, 0.25) is 15.9 Å². The molecule has 1 aliphatic heterocycles. The molecule has 290 valence electrons. The van der Waals surface area contributed by atoms with Crippen molar-refractivity contribution >= 4 is 50.5 Å². The third-order valence-electron chi connectivity index (χ3n) is 7.66. The second kappa shape index (κ2) is 17.8. The standard InChI is InChI=1S/C30H31N5O4S.2C2HF3O2/c1-39-26-11-9-23-10-12-27(17-25(23)16-26)40(37,38)35(20-24-7-2-3-8-28(24)31)29-13-14-34(30(29)36)19-22-6-4-5-21(15-22)18-33-32;2*3-2(4,5)1(6)7/h2-12,15-18,29H,13-14,19-20,31-32H2,1H3;2*(H,6,7)/t29-;;/m0../s1. The SMILES string of the molecule is COc1ccc2ccc(S(=O)(=O)N(Cc3ccccc3N)[C@H]3CCN(Cc4cccc(C=NN)c4)C3=O)cc2c1.O=C(O)C(F)(F)F.O=C(O)C(F)(F)F. The van der Waals surface area contributed by atoms with Gasteiger partial charge in [-0.05, 0) is 70.3 Å². The van der Waals surface area contributed by atoms with Crippen LogP contribution in [-0.2, 0) is 37.5 Å². The molecule has 13 nitrogen and oxygen atoms in total. The maximum atomic E-state index is 14.2. The molecule has 0 spiro atoms. The Hall–Kier alpha value is -5.89. The minimum absolute atomic E-state index is 0.0299. The normalized spacial score (nSPS) is 14.7. The summed E-state index contributed by atoms with van der Waals surface area (Å²) in [7, 11) is -2.53. The molecule has 1 fully saturated rings. The van der Waals surface area contributed by atoms with E-state index in [0.29, 0.717) is 36.5 Å². The van der Waals surface area contributed by atoms with Gasteiger partial charge in [-0.15, -0.1) is 0 Å². The molecule has 0 saturated carbocycles. The minimum Gasteiger partial charge on any atom is -0.497 e. The topological polar surface area (TPSA) is 206 Å². The number of carbonyl (C=O) groups is 3. The van der Waals surface area contributed by atoms with E-state index in [1.165, 1.54) is 10.5 Å². The van der Waals surface area contributed by atoms with Crippen LogP contribution in [0.25, 0.3) is 10.8 Å². The van der Waals surface area contributed by atoms with Crippen molar-refractivity contribution in [3.8, 4) is 5.75 Å². The molecular weight excluding hydrogens is 752 g/mol. The summed E-state index contributed by atoms with van der Waals surface area (Å²) in [6, 6.07) is 24.2. The molecule has 54 heavy (non-hydrogen) atoms. The highest BCUT2D eigenvalue weighted by Crippen LogP contribution is 2.31. The molecule has 1 saturated heterocycles. The minimum atomic E-state index is -5.08. The number of para-hydroxylation sites is 1. The monoisotopic (exact) mass is 785 g/mol. The summed E-state index contributed by atoms with van der Waals surface area (Å²) >= 11 is 0. The number of hydrazone groups is 1. The lowest BCUT2D eigenvalue weighted by atomic mass is 10.1. The lowest BCUT2D eigenvalue weighted by Crippen LogP contribution is -2.44. The van der Waals surface area contributed by atoms with Crippen molar-refractivity contribution in [2.45, 2.75) is 42.8 Å². The van der Waals surface area contributed by atoms with E-state index in [2.05, 4.69) is 5.10 Å². The molecule has 0 radical (unpaired) electrons. The van der Waals surface area contributed by atoms with Gasteiger partial charge in [-0.1, -0.05) is 48.5 Å². The highest BCUT2D eigenvalue weighted by Gasteiger charge is 2.42. The van der Waals surface area contributed by atoms with Crippen LogP contribution in [0.5, 0.6) is 5.75 Å². The number of nitrogens with zero attached hydrogens (tertiary/aromatic N) is 3. The molecule has 5 rings (SSSR count). The first-order valence-corrected chi connectivity index (χ1v) is 16.8. The van der Waals surface area contributed by atoms with Gasteiger partial charge < -0.3 is 31.4 Å². The van der Waals surface area contributed by atoms with Crippen LogP contribution >= 0.6 is 0 Å². The molecule has 4 aromatic carbocycles. The zero-order chi connectivity index (χ0) is 40.4. The molecule has 0 aromatic heterocycles. The Balaban J connectivity index is 0.000000476. The fourth-order valence-corrected chi connectivity index (χ4v) is 6.69. The second-order valence-corrected chi connectivity index (χ2v) is 13.2. The Morgan fingerprint density at radius 2 is 1.54 bits per heavy atom. The van der Waals surface area contributed by atoms with Crippen LogP contribution in [0.3, 0.4) is 0 Å². The van der Waals surface area contributed by atoms with E-state index < -0.39 is 40.4 Å². The summed E-state index contributed by atoms with van der Waals surface area (Å²) in [6.07, 6.45) is -8.27. The smallest absolute Gasteiger partial charge is 0.490 e. The molecule has 4 aromatic rings. The maximum absolute atomic E-state index is 14.2. The van der Waals surface area contributed by atoms with E-state index in [1.54, 1.807) is 60.5 Å². The molecule has 6 N–H and O–H groups in total. The number of carboxylic acids is 2. The zero-order valence-corrected chi connectivity index (χ0v) is 28.9. The Labute approximate surface area is 304 Å². The van der Waals surface area contributed by atoms with Crippen molar-refractivity contribution in [2.75, 3.05) is 19.4 Å². The van der Waals surface area contributed by atoms with Crippen molar-refractivity contribution in [1.82, 2.24) is 9.21 Å². The van der Waals surface area contributed by atoms with E-state index >= 15 is 0 Å². The first-order valence-electron chi connectivity index (χ1n) is 15.3. The number of sulfonamides is 1. The predicted octanol–water partition coefficient (Wildman–Crippen LogP) is 4.98. The molecule has 0 aliphatic carbocycles. The third-order valence-corrected chi connectivity index (χ3v) is 9.51. The summed E-state index contributed by atoms with van der Waals surface area (Å²) in [4.78, 5) is 33.3. The molecule has 1 atom stereocenters. The third kappa shape index (κ3) is 11.3. The van der Waals surface area contributed by atoms with Crippen LogP contribution in [0, 0.1) is 0 Å². The highest BCUT2D eigenvalue weighted by molar-refractivity contribution is 7.89. The lowest BCUT2D eigenvalue weighted by molar-refractivity contribution is -0.193. The number of methoxy groups -OCH3 is 1. The molecule has 0 bridgehead atoms. The van der Waals surface area contributed by atoms with Gasteiger partial charge in [-0.25, -0.2) is 18.0 Å². The zero-order valence-electron chi connectivity index (χ0n) is 28.1. The quantitative estimate of drug-likeness (QED) is 0.0589. The molecule has 0 unspecified atom stereocenters. The molecular formula is C34H33F6N5O8S. The van der Waals surface area contributed by atoms with E-state index in [0.717, 1.165) is 21.9 Å². The number of halogens is 6. The molecule has 1 aliphatic rings. The van der Waals surface area contributed by atoms with Gasteiger partial charge in [-0.3, -0.25) is 4.79 Å². The largest absolute Gasteiger partial charge is 0.497 e. The van der Waals surface area contributed by atoms with Crippen LogP contribution < -0.4 is 16.3 Å². The van der Waals surface area contributed by atoms with Gasteiger partial charge in [-0.2, -0.15) is 35.7 Å². The van der Waals surface area contributed by atoms with Crippen molar-refractivity contribution in [2.24, 2.45) is 10.9 Å². The second-order valence-electron chi connectivity index (χ2n) is 11.3. The number of hydrogen-bond acceptors (Lipinski definition) is 9. The number of carboxylic acid groups (broad SMARTS) is 2. The number of alkyl halides is 6. The number of nitrogen functional groups attached to an aromatic ring is 1. The van der Waals surface area contributed by atoms with Crippen molar-refractivity contribution in [3.05, 3.63) is 102 Å². The van der Waals surface area contributed by atoms with E-state index in [1.807, 2.05) is 36.4 Å². The summed E-state index contributed by atoms with van der Waals surface area (Å²) in [5, 5.41) is 19.4. The fraction of sp³-hybridized carbons (Fsp3) is 0.235. The molecule has 1 heterocycles. The number of nitrogens with two attached hydrogens (primary N) is 2. The van der Waals surface area contributed by atoms with E-state index in [4.69, 9.17) is 36.1 Å².